The quantitative estimate of drug-likeness (QED) is 0.452. The fourth-order valence-corrected chi connectivity index (χ4v) is 3.74. The number of carbonyl (C=O) groups excluding carboxylic acids is 3. The van der Waals surface area contributed by atoms with E-state index in [1.807, 2.05) is 0 Å². The summed E-state index contributed by atoms with van der Waals surface area (Å²) >= 11 is 0. The van der Waals surface area contributed by atoms with Gasteiger partial charge in [-0.15, -0.1) is 0 Å². The highest BCUT2D eigenvalue weighted by Crippen LogP contribution is 2.29. The fraction of sp³-hybridized carbons (Fsp3) is 0.222. The van der Waals surface area contributed by atoms with Crippen molar-refractivity contribution in [1.82, 2.24) is 0 Å². The van der Waals surface area contributed by atoms with E-state index in [4.69, 9.17) is 18.9 Å². The minimum Gasteiger partial charge on any atom is -0.497 e. The van der Waals surface area contributed by atoms with E-state index in [1.165, 1.54) is 12.0 Å². The van der Waals surface area contributed by atoms with Crippen molar-refractivity contribution in [3.05, 3.63) is 72.8 Å². The predicted molar refractivity (Wildman–Crippen MR) is 133 cm³/mol. The molecule has 1 atom stereocenters. The first-order chi connectivity index (χ1) is 17.4. The molecule has 3 aromatic rings. The van der Waals surface area contributed by atoms with E-state index in [0.29, 0.717) is 28.6 Å². The summed E-state index contributed by atoms with van der Waals surface area (Å²) in [6, 6.07) is 21.0. The Hall–Kier alpha value is -4.53. The highest BCUT2D eigenvalue weighted by atomic mass is 16.5. The number of hydrogen-bond acceptors (Lipinski definition) is 7. The second-order valence-electron chi connectivity index (χ2n) is 8.06. The Balaban J connectivity index is 1.28. The van der Waals surface area contributed by atoms with Crippen LogP contribution in [0.5, 0.6) is 23.0 Å². The average molecular weight is 491 g/mol. The number of rotatable bonds is 9. The lowest BCUT2D eigenvalue weighted by molar-refractivity contribution is -0.151. The molecule has 1 N–H and O–H groups in total. The zero-order chi connectivity index (χ0) is 25.5. The van der Waals surface area contributed by atoms with Crippen LogP contribution in [-0.4, -0.2) is 45.2 Å². The van der Waals surface area contributed by atoms with Crippen molar-refractivity contribution in [1.29, 1.82) is 0 Å². The number of carbonyl (C=O) groups is 3. The molecule has 1 heterocycles. The number of ether oxygens (including phenoxy) is 4. The summed E-state index contributed by atoms with van der Waals surface area (Å²) in [4.78, 5) is 38.7. The van der Waals surface area contributed by atoms with Crippen molar-refractivity contribution in [2.24, 2.45) is 5.92 Å². The second kappa shape index (κ2) is 11.3. The molecule has 0 aromatic heterocycles. The standard InChI is InChI=1S/C27H26N2O7/c1-33-21-10-12-23(13-11-21)36-22-8-6-20(7-9-22)29-16-18(14-26(29)31)27(32)35-17-25(30)28-19-4-3-5-24(15-19)34-2/h3-13,15,18H,14,16-17H2,1-2H3,(H,28,30)/t18-/m1/s1. The molecule has 1 aliphatic heterocycles. The number of hydrogen-bond donors (Lipinski definition) is 1. The van der Waals surface area contributed by atoms with E-state index in [2.05, 4.69) is 5.32 Å². The first-order valence-electron chi connectivity index (χ1n) is 11.3. The monoisotopic (exact) mass is 490 g/mol. The summed E-state index contributed by atoms with van der Waals surface area (Å²) in [6.07, 6.45) is 0.0143. The second-order valence-corrected chi connectivity index (χ2v) is 8.06. The van der Waals surface area contributed by atoms with Gasteiger partial charge < -0.3 is 29.2 Å². The van der Waals surface area contributed by atoms with E-state index in [0.717, 1.165) is 5.75 Å². The molecule has 0 spiro atoms. The molecule has 1 saturated heterocycles. The molecule has 3 aromatic carbocycles. The van der Waals surface area contributed by atoms with Crippen molar-refractivity contribution >= 4 is 29.2 Å². The summed E-state index contributed by atoms with van der Waals surface area (Å²) in [5.74, 6) is 0.661. The van der Waals surface area contributed by atoms with Crippen LogP contribution in [0.4, 0.5) is 11.4 Å². The topological polar surface area (TPSA) is 103 Å². The maximum Gasteiger partial charge on any atom is 0.311 e. The summed E-state index contributed by atoms with van der Waals surface area (Å²) in [6.45, 7) is -0.272. The van der Waals surface area contributed by atoms with Crippen LogP contribution >= 0.6 is 0 Å². The molecular formula is C27H26N2O7. The molecule has 0 aliphatic carbocycles. The van der Waals surface area contributed by atoms with Gasteiger partial charge in [0.1, 0.15) is 23.0 Å². The highest BCUT2D eigenvalue weighted by Gasteiger charge is 2.36. The van der Waals surface area contributed by atoms with Gasteiger partial charge in [0, 0.05) is 30.4 Å². The molecule has 9 nitrogen and oxygen atoms in total. The van der Waals surface area contributed by atoms with Gasteiger partial charge in [0.2, 0.25) is 5.91 Å². The predicted octanol–water partition coefficient (Wildman–Crippen LogP) is 4.03. The lowest BCUT2D eigenvalue weighted by atomic mass is 10.1. The number of nitrogens with one attached hydrogen (secondary N) is 1. The smallest absolute Gasteiger partial charge is 0.311 e. The summed E-state index contributed by atoms with van der Waals surface area (Å²) in [5.41, 5.74) is 1.17. The van der Waals surface area contributed by atoms with Crippen molar-refractivity contribution in [3.8, 4) is 23.0 Å². The van der Waals surface area contributed by atoms with Gasteiger partial charge in [0.05, 0.1) is 20.1 Å². The Bertz CT molecular complexity index is 1230. The molecule has 1 aliphatic rings. The third kappa shape index (κ3) is 6.12. The van der Waals surface area contributed by atoms with Gasteiger partial charge in [-0.25, -0.2) is 0 Å². The number of anilines is 2. The third-order valence-electron chi connectivity index (χ3n) is 5.60. The molecule has 186 valence electrons. The van der Waals surface area contributed by atoms with Crippen molar-refractivity contribution in [3.63, 3.8) is 0 Å². The zero-order valence-electron chi connectivity index (χ0n) is 19.9. The van der Waals surface area contributed by atoms with E-state index in [9.17, 15) is 14.4 Å². The van der Waals surface area contributed by atoms with Crippen LogP contribution in [0, 0.1) is 5.92 Å². The van der Waals surface area contributed by atoms with Crippen LogP contribution in [0.25, 0.3) is 0 Å². The van der Waals surface area contributed by atoms with Gasteiger partial charge in [-0.2, -0.15) is 0 Å². The lowest BCUT2D eigenvalue weighted by Crippen LogP contribution is -2.28. The van der Waals surface area contributed by atoms with Crippen LogP contribution < -0.4 is 24.4 Å². The van der Waals surface area contributed by atoms with Gasteiger partial charge in [0.15, 0.2) is 6.61 Å². The SMILES string of the molecule is COc1ccc(Oc2ccc(N3C[C@H](C(=O)OCC(=O)Nc4cccc(OC)c4)CC3=O)cc2)cc1. The minimum absolute atomic E-state index is 0.0143. The third-order valence-corrected chi connectivity index (χ3v) is 5.60. The average Bonchev–Trinajstić information content (AvgIpc) is 3.30. The normalized spacial score (nSPS) is 14.8. The fourth-order valence-electron chi connectivity index (χ4n) is 3.74. The molecular weight excluding hydrogens is 464 g/mol. The maximum absolute atomic E-state index is 12.5. The molecule has 0 bridgehead atoms. The van der Waals surface area contributed by atoms with Gasteiger partial charge in [-0.05, 0) is 60.7 Å². The van der Waals surface area contributed by atoms with Gasteiger partial charge in [-0.1, -0.05) is 6.07 Å². The molecule has 0 saturated carbocycles. The van der Waals surface area contributed by atoms with E-state index in [1.54, 1.807) is 79.9 Å². The van der Waals surface area contributed by atoms with Crippen LogP contribution in [0.3, 0.4) is 0 Å². The molecule has 0 unspecified atom stereocenters. The van der Waals surface area contributed by atoms with Gasteiger partial charge >= 0.3 is 5.97 Å². The van der Waals surface area contributed by atoms with Crippen molar-refractivity contribution < 1.29 is 33.3 Å². The Labute approximate surface area is 208 Å². The van der Waals surface area contributed by atoms with E-state index in [-0.39, 0.29) is 18.9 Å². The van der Waals surface area contributed by atoms with Crippen LogP contribution in [0.15, 0.2) is 72.8 Å². The lowest BCUT2D eigenvalue weighted by Gasteiger charge is -2.17. The Morgan fingerprint density at radius 1 is 0.889 bits per heavy atom. The number of methoxy groups -OCH3 is 2. The summed E-state index contributed by atoms with van der Waals surface area (Å²) in [7, 11) is 3.12. The molecule has 36 heavy (non-hydrogen) atoms. The molecule has 1 fully saturated rings. The number of esters is 1. The van der Waals surface area contributed by atoms with Gasteiger partial charge in [0.25, 0.3) is 5.91 Å². The summed E-state index contributed by atoms with van der Waals surface area (Å²) in [5, 5.41) is 2.64. The van der Waals surface area contributed by atoms with Crippen LogP contribution in [0.2, 0.25) is 0 Å². The van der Waals surface area contributed by atoms with Crippen molar-refractivity contribution in [2.45, 2.75) is 6.42 Å². The Morgan fingerprint density at radius 3 is 2.19 bits per heavy atom. The van der Waals surface area contributed by atoms with Crippen molar-refractivity contribution in [2.75, 3.05) is 37.6 Å². The number of nitrogens with zero attached hydrogens (tertiary/aromatic N) is 1. The van der Waals surface area contributed by atoms with Crippen LogP contribution in [-0.2, 0) is 19.1 Å². The maximum atomic E-state index is 12.5. The number of benzene rings is 3. The highest BCUT2D eigenvalue weighted by molar-refractivity contribution is 6.00. The minimum atomic E-state index is -0.655. The molecule has 2 amide bonds. The molecule has 4 rings (SSSR count). The first kappa shape index (κ1) is 24.6. The first-order valence-corrected chi connectivity index (χ1v) is 11.3. The van der Waals surface area contributed by atoms with E-state index < -0.39 is 24.4 Å². The zero-order valence-corrected chi connectivity index (χ0v) is 19.9. The van der Waals surface area contributed by atoms with E-state index >= 15 is 0 Å². The molecule has 9 heteroatoms. The largest absolute Gasteiger partial charge is 0.497 e. The van der Waals surface area contributed by atoms with Gasteiger partial charge in [-0.3, -0.25) is 14.4 Å². The Kier molecular flexibility index (Phi) is 7.69. The summed E-state index contributed by atoms with van der Waals surface area (Å²) < 4.78 is 21.2. The van der Waals surface area contributed by atoms with Crippen LogP contribution in [0.1, 0.15) is 6.42 Å². The Morgan fingerprint density at radius 2 is 1.53 bits per heavy atom. The molecule has 0 radical (unpaired) electrons. The number of amides is 2.